The summed E-state index contributed by atoms with van der Waals surface area (Å²) >= 11 is 1.77. The van der Waals surface area contributed by atoms with Crippen molar-refractivity contribution in [3.8, 4) is 0 Å². The summed E-state index contributed by atoms with van der Waals surface area (Å²) < 4.78 is 6.17. The molecule has 0 aliphatic carbocycles. The Balaban J connectivity index is 2.49. The fraction of sp³-hybridized carbons (Fsp3) is 0.182. The third-order valence-electron chi connectivity index (χ3n) is 1.97. The van der Waals surface area contributed by atoms with Crippen LogP contribution in [0.4, 0.5) is 0 Å². The van der Waals surface area contributed by atoms with Crippen molar-refractivity contribution in [2.45, 2.75) is 13.5 Å². The molecule has 1 nitrogen and oxygen atoms in total. The third-order valence-corrected chi connectivity index (χ3v) is 3.04. The highest BCUT2D eigenvalue weighted by atomic mass is 32.1. The minimum Gasteiger partial charge on any atom is -0.374 e. The van der Waals surface area contributed by atoms with Crippen LogP contribution in [0.1, 0.15) is 10.4 Å². The summed E-state index contributed by atoms with van der Waals surface area (Å²) in [6.07, 6.45) is 0. The molecule has 0 bridgehead atoms. The number of thiophene rings is 1. The van der Waals surface area contributed by atoms with Gasteiger partial charge in [0.25, 0.3) is 0 Å². The molecular weight excluding hydrogens is 180 g/mol. The van der Waals surface area contributed by atoms with Gasteiger partial charge >= 0.3 is 0 Å². The number of hydrogen-bond donors (Lipinski definition) is 0. The molecule has 0 atom stereocenters. The molecule has 1 aromatic carbocycles. The van der Waals surface area contributed by atoms with Gasteiger partial charge in [-0.15, -0.1) is 11.3 Å². The van der Waals surface area contributed by atoms with E-state index in [1.54, 1.807) is 11.3 Å². The van der Waals surface area contributed by atoms with Crippen molar-refractivity contribution < 1.29 is 4.74 Å². The van der Waals surface area contributed by atoms with Gasteiger partial charge in [0.2, 0.25) is 0 Å². The lowest BCUT2D eigenvalue weighted by atomic mass is 10.2. The molecule has 1 aromatic heterocycles. The predicted molar refractivity (Wildman–Crippen MR) is 56.7 cm³/mol. The molecule has 0 amide bonds. The lowest BCUT2D eigenvalue weighted by Crippen LogP contribution is -1.76. The van der Waals surface area contributed by atoms with Gasteiger partial charge in [-0.2, -0.15) is 0 Å². The smallest absolute Gasteiger partial charge is 0.0810 e. The van der Waals surface area contributed by atoms with Gasteiger partial charge < -0.3 is 4.74 Å². The Morgan fingerprint density at radius 1 is 1.38 bits per heavy atom. The van der Waals surface area contributed by atoms with Gasteiger partial charge in [0, 0.05) is 9.58 Å². The van der Waals surface area contributed by atoms with E-state index in [2.05, 4.69) is 38.3 Å². The monoisotopic (exact) mass is 191 g/mol. The molecule has 0 aliphatic heterocycles. The molecule has 2 rings (SSSR count). The van der Waals surface area contributed by atoms with E-state index < -0.39 is 0 Å². The summed E-state index contributed by atoms with van der Waals surface area (Å²) in [6.45, 7) is 2.72. The van der Waals surface area contributed by atoms with E-state index in [-0.39, 0.29) is 0 Å². The summed E-state index contributed by atoms with van der Waals surface area (Å²) in [7, 11) is 3.38. The highest BCUT2D eigenvalue weighted by Gasteiger charge is 2.00. The van der Waals surface area contributed by atoms with Gasteiger partial charge in [-0.3, -0.25) is 0 Å². The Hall–Kier alpha value is -0.860. The maximum Gasteiger partial charge on any atom is 0.0810 e. The molecule has 0 aliphatic rings. The Morgan fingerprint density at radius 2 is 2.23 bits per heavy atom. The van der Waals surface area contributed by atoms with Gasteiger partial charge in [0.05, 0.1) is 13.7 Å². The largest absolute Gasteiger partial charge is 0.374 e. The van der Waals surface area contributed by atoms with Crippen molar-refractivity contribution in [3.05, 3.63) is 41.8 Å². The van der Waals surface area contributed by atoms with Crippen molar-refractivity contribution >= 4 is 21.4 Å². The first-order valence-corrected chi connectivity index (χ1v) is 4.97. The van der Waals surface area contributed by atoms with Gasteiger partial charge in [-0.05, 0) is 30.0 Å². The number of fused-ring (bicyclic) bond motifs is 1. The fourth-order valence-electron chi connectivity index (χ4n) is 1.37. The van der Waals surface area contributed by atoms with Gasteiger partial charge in [-0.25, -0.2) is 0 Å². The Labute approximate surface area is 82.0 Å². The summed E-state index contributed by atoms with van der Waals surface area (Å²) in [5.74, 6) is 0. The van der Waals surface area contributed by atoms with Crippen LogP contribution in [-0.4, -0.2) is 0 Å². The summed E-state index contributed by atoms with van der Waals surface area (Å²) in [5.41, 5.74) is 1.30. The van der Waals surface area contributed by atoms with Crippen LogP contribution in [0.2, 0.25) is 0 Å². The Bertz CT molecular complexity index is 417. The Morgan fingerprint density at radius 3 is 3.00 bits per heavy atom. The van der Waals surface area contributed by atoms with E-state index in [4.69, 9.17) is 4.74 Å². The van der Waals surface area contributed by atoms with E-state index in [0.717, 1.165) is 0 Å². The molecule has 1 heterocycles. The second kappa shape index (κ2) is 3.48. The maximum absolute atomic E-state index is 4.85. The number of aryl methyl sites for hydroxylation is 1. The van der Waals surface area contributed by atoms with Crippen LogP contribution in [0.5, 0.6) is 0 Å². The van der Waals surface area contributed by atoms with E-state index in [1.165, 1.54) is 20.5 Å². The van der Waals surface area contributed by atoms with Crippen LogP contribution < -0.4 is 0 Å². The highest BCUT2D eigenvalue weighted by molar-refractivity contribution is 7.19. The second-order valence-electron chi connectivity index (χ2n) is 3.10. The molecule has 0 N–H and O–H groups in total. The summed E-state index contributed by atoms with van der Waals surface area (Å²) in [6, 6.07) is 8.63. The SMILES string of the molecule is [CH2]OCc1cc2ccc(C)cc2s1. The van der Waals surface area contributed by atoms with Crippen molar-refractivity contribution in [2.24, 2.45) is 0 Å². The van der Waals surface area contributed by atoms with Crippen molar-refractivity contribution in [1.29, 1.82) is 0 Å². The Kier molecular flexibility index (Phi) is 2.34. The first kappa shape index (κ1) is 8.73. The van der Waals surface area contributed by atoms with Crippen LogP contribution in [0.3, 0.4) is 0 Å². The molecule has 13 heavy (non-hydrogen) atoms. The fourth-order valence-corrected chi connectivity index (χ4v) is 2.47. The number of hydrogen-bond acceptors (Lipinski definition) is 2. The topological polar surface area (TPSA) is 9.23 Å². The highest BCUT2D eigenvalue weighted by Crippen LogP contribution is 2.26. The van der Waals surface area contributed by atoms with Crippen LogP contribution >= 0.6 is 11.3 Å². The molecule has 0 unspecified atom stereocenters. The molecule has 67 valence electrons. The minimum absolute atomic E-state index is 0.610. The standard InChI is InChI=1S/C11H11OS/c1-8-3-4-9-6-10(7-12-2)13-11(9)5-8/h3-6H,2,7H2,1H3. The van der Waals surface area contributed by atoms with E-state index in [9.17, 15) is 0 Å². The zero-order valence-corrected chi connectivity index (χ0v) is 8.36. The first-order chi connectivity index (χ1) is 6.29. The zero-order chi connectivity index (χ0) is 9.26. The summed E-state index contributed by atoms with van der Waals surface area (Å²) in [5, 5.41) is 1.29. The van der Waals surface area contributed by atoms with Crippen LogP contribution in [0.25, 0.3) is 10.1 Å². The average Bonchev–Trinajstić information content (AvgIpc) is 2.46. The van der Waals surface area contributed by atoms with Crippen LogP contribution in [0, 0.1) is 14.0 Å². The predicted octanol–water partition coefficient (Wildman–Crippen LogP) is 3.52. The number of ether oxygens (including phenoxy) is 1. The lowest BCUT2D eigenvalue weighted by molar-refractivity contribution is 0.232. The zero-order valence-electron chi connectivity index (χ0n) is 7.54. The average molecular weight is 191 g/mol. The van der Waals surface area contributed by atoms with Crippen molar-refractivity contribution in [2.75, 3.05) is 0 Å². The third kappa shape index (κ3) is 1.74. The minimum atomic E-state index is 0.610. The number of benzene rings is 1. The molecule has 0 fully saturated rings. The van der Waals surface area contributed by atoms with E-state index in [1.807, 2.05) is 0 Å². The number of rotatable bonds is 2. The maximum atomic E-state index is 4.85. The normalized spacial score (nSPS) is 10.9. The molecule has 2 aromatic rings. The second-order valence-corrected chi connectivity index (χ2v) is 4.27. The molecule has 0 saturated carbocycles. The molecule has 0 saturated heterocycles. The lowest BCUT2D eigenvalue weighted by Gasteiger charge is -1.90. The van der Waals surface area contributed by atoms with Crippen molar-refractivity contribution in [1.82, 2.24) is 0 Å². The van der Waals surface area contributed by atoms with Gasteiger partial charge in [0.1, 0.15) is 0 Å². The molecule has 2 heteroatoms. The van der Waals surface area contributed by atoms with E-state index in [0.29, 0.717) is 6.61 Å². The van der Waals surface area contributed by atoms with Crippen molar-refractivity contribution in [3.63, 3.8) is 0 Å². The van der Waals surface area contributed by atoms with Crippen LogP contribution in [0.15, 0.2) is 24.3 Å². The van der Waals surface area contributed by atoms with Gasteiger partial charge in [0.15, 0.2) is 0 Å². The van der Waals surface area contributed by atoms with E-state index >= 15 is 0 Å². The molecule has 1 radical (unpaired) electrons. The quantitative estimate of drug-likeness (QED) is 0.705. The molecule has 0 spiro atoms. The van der Waals surface area contributed by atoms with Crippen LogP contribution in [-0.2, 0) is 11.3 Å². The first-order valence-electron chi connectivity index (χ1n) is 4.15. The van der Waals surface area contributed by atoms with Gasteiger partial charge in [-0.1, -0.05) is 12.1 Å². The molecular formula is C11H11OS. The summed E-state index contributed by atoms with van der Waals surface area (Å²) in [4.78, 5) is 1.23.